The minimum Gasteiger partial charge on any atom is -0.379 e. The standard InChI is InChI=1S/C14H27N3O2/c1-2-16-6-3-13(4-7-16)14(18)15-5-8-17-9-11-19-12-10-17/h13H,2-12H2,1H3,(H,15,18). The molecule has 0 spiro atoms. The number of rotatable bonds is 5. The summed E-state index contributed by atoms with van der Waals surface area (Å²) in [5, 5.41) is 3.09. The molecule has 2 aliphatic rings. The molecule has 0 aromatic carbocycles. The van der Waals surface area contributed by atoms with E-state index in [4.69, 9.17) is 4.74 Å². The van der Waals surface area contributed by atoms with Crippen molar-refractivity contribution < 1.29 is 9.53 Å². The summed E-state index contributed by atoms with van der Waals surface area (Å²) in [6, 6.07) is 0. The van der Waals surface area contributed by atoms with E-state index in [0.29, 0.717) is 0 Å². The summed E-state index contributed by atoms with van der Waals surface area (Å²) in [6.45, 7) is 10.8. The second-order valence-corrected chi connectivity index (χ2v) is 5.45. The molecule has 5 nitrogen and oxygen atoms in total. The van der Waals surface area contributed by atoms with Crippen LogP contribution >= 0.6 is 0 Å². The number of nitrogens with zero attached hydrogens (tertiary/aromatic N) is 2. The Kier molecular flexibility index (Phi) is 6.07. The Balaban J connectivity index is 1.59. The lowest BCUT2D eigenvalue weighted by Crippen LogP contribution is -2.44. The van der Waals surface area contributed by atoms with Gasteiger partial charge >= 0.3 is 0 Å². The molecule has 2 saturated heterocycles. The van der Waals surface area contributed by atoms with Gasteiger partial charge in [-0.05, 0) is 32.5 Å². The van der Waals surface area contributed by atoms with E-state index in [2.05, 4.69) is 22.0 Å². The van der Waals surface area contributed by atoms with Gasteiger partial charge in [0.1, 0.15) is 0 Å². The van der Waals surface area contributed by atoms with Gasteiger partial charge in [0.2, 0.25) is 5.91 Å². The highest BCUT2D eigenvalue weighted by Gasteiger charge is 2.23. The van der Waals surface area contributed by atoms with Crippen molar-refractivity contribution in [1.82, 2.24) is 15.1 Å². The lowest BCUT2D eigenvalue weighted by molar-refractivity contribution is -0.126. The lowest BCUT2D eigenvalue weighted by Gasteiger charge is -2.30. The normalized spacial score (nSPS) is 23.4. The van der Waals surface area contributed by atoms with Gasteiger partial charge < -0.3 is 15.0 Å². The summed E-state index contributed by atoms with van der Waals surface area (Å²) in [7, 11) is 0. The molecule has 1 amide bonds. The third kappa shape index (κ3) is 4.75. The predicted molar refractivity (Wildman–Crippen MR) is 75.1 cm³/mol. The number of hydrogen-bond acceptors (Lipinski definition) is 4. The maximum absolute atomic E-state index is 12.1. The third-order valence-corrected chi connectivity index (χ3v) is 4.24. The van der Waals surface area contributed by atoms with Crippen LogP contribution in [0.1, 0.15) is 19.8 Å². The maximum Gasteiger partial charge on any atom is 0.223 e. The fraction of sp³-hybridized carbons (Fsp3) is 0.929. The quantitative estimate of drug-likeness (QED) is 0.772. The van der Waals surface area contributed by atoms with Gasteiger partial charge in [-0.15, -0.1) is 0 Å². The summed E-state index contributed by atoms with van der Waals surface area (Å²) in [4.78, 5) is 16.8. The van der Waals surface area contributed by atoms with Crippen LogP contribution in [0.25, 0.3) is 0 Å². The van der Waals surface area contributed by atoms with Gasteiger partial charge in [0.25, 0.3) is 0 Å². The Labute approximate surface area is 116 Å². The molecular weight excluding hydrogens is 242 g/mol. The number of nitrogens with one attached hydrogen (secondary N) is 1. The first-order chi connectivity index (χ1) is 9.29. The van der Waals surface area contributed by atoms with Crippen molar-refractivity contribution in [1.29, 1.82) is 0 Å². The molecule has 0 atom stereocenters. The molecule has 0 aromatic rings. The van der Waals surface area contributed by atoms with Crippen molar-refractivity contribution in [2.75, 3.05) is 59.0 Å². The second kappa shape index (κ2) is 7.82. The minimum absolute atomic E-state index is 0.229. The SMILES string of the molecule is CCN1CCC(C(=O)NCCN2CCOCC2)CC1. The number of carbonyl (C=O) groups excluding carboxylic acids is 1. The van der Waals surface area contributed by atoms with Gasteiger partial charge in [-0.3, -0.25) is 9.69 Å². The van der Waals surface area contributed by atoms with Crippen LogP contribution in [0.5, 0.6) is 0 Å². The number of morpholine rings is 1. The van der Waals surface area contributed by atoms with Crippen molar-refractivity contribution in [2.24, 2.45) is 5.92 Å². The average Bonchev–Trinajstić information content (AvgIpc) is 2.48. The summed E-state index contributed by atoms with van der Waals surface area (Å²) < 4.78 is 5.31. The van der Waals surface area contributed by atoms with Gasteiger partial charge in [-0.1, -0.05) is 6.92 Å². The van der Waals surface area contributed by atoms with Crippen LogP contribution in [0.15, 0.2) is 0 Å². The lowest BCUT2D eigenvalue weighted by atomic mass is 9.96. The summed E-state index contributed by atoms with van der Waals surface area (Å²) in [5.41, 5.74) is 0. The number of ether oxygens (including phenoxy) is 1. The molecule has 110 valence electrons. The first-order valence-corrected chi connectivity index (χ1v) is 7.59. The van der Waals surface area contributed by atoms with E-state index in [-0.39, 0.29) is 11.8 Å². The Morgan fingerprint density at radius 3 is 2.47 bits per heavy atom. The van der Waals surface area contributed by atoms with Gasteiger partial charge in [0.05, 0.1) is 13.2 Å². The molecule has 0 aliphatic carbocycles. The van der Waals surface area contributed by atoms with Crippen LogP contribution in [0.4, 0.5) is 0 Å². The first kappa shape index (κ1) is 14.8. The third-order valence-electron chi connectivity index (χ3n) is 4.24. The first-order valence-electron chi connectivity index (χ1n) is 7.59. The molecular formula is C14H27N3O2. The smallest absolute Gasteiger partial charge is 0.223 e. The Morgan fingerprint density at radius 1 is 1.16 bits per heavy atom. The zero-order valence-corrected chi connectivity index (χ0v) is 12.1. The van der Waals surface area contributed by atoms with Crippen molar-refractivity contribution in [3.8, 4) is 0 Å². The molecule has 5 heteroatoms. The van der Waals surface area contributed by atoms with Crippen molar-refractivity contribution in [3.05, 3.63) is 0 Å². The van der Waals surface area contributed by atoms with Crippen LogP contribution in [0, 0.1) is 5.92 Å². The number of carbonyl (C=O) groups is 1. The van der Waals surface area contributed by atoms with Crippen LogP contribution < -0.4 is 5.32 Å². The van der Waals surface area contributed by atoms with E-state index in [1.54, 1.807) is 0 Å². The van der Waals surface area contributed by atoms with Gasteiger partial charge in [-0.2, -0.15) is 0 Å². The van der Waals surface area contributed by atoms with Crippen molar-refractivity contribution in [2.45, 2.75) is 19.8 Å². The van der Waals surface area contributed by atoms with Gasteiger partial charge in [0, 0.05) is 32.1 Å². The number of piperidine rings is 1. The summed E-state index contributed by atoms with van der Waals surface area (Å²) in [5.74, 6) is 0.483. The highest BCUT2D eigenvalue weighted by atomic mass is 16.5. The predicted octanol–water partition coefficient (Wildman–Crippen LogP) is 0.167. The Bertz CT molecular complexity index is 272. The van der Waals surface area contributed by atoms with Crippen LogP contribution in [0.3, 0.4) is 0 Å². The average molecular weight is 269 g/mol. The number of amides is 1. The van der Waals surface area contributed by atoms with Gasteiger partial charge in [0.15, 0.2) is 0 Å². The topological polar surface area (TPSA) is 44.8 Å². The van der Waals surface area contributed by atoms with Crippen LogP contribution in [-0.2, 0) is 9.53 Å². The molecule has 19 heavy (non-hydrogen) atoms. The zero-order chi connectivity index (χ0) is 13.5. The highest BCUT2D eigenvalue weighted by molar-refractivity contribution is 5.78. The molecule has 0 bridgehead atoms. The van der Waals surface area contributed by atoms with E-state index >= 15 is 0 Å². The fourth-order valence-electron chi connectivity index (χ4n) is 2.82. The Hall–Kier alpha value is -0.650. The van der Waals surface area contributed by atoms with E-state index in [1.165, 1.54) is 0 Å². The highest BCUT2D eigenvalue weighted by Crippen LogP contribution is 2.16. The molecule has 2 heterocycles. The van der Waals surface area contributed by atoms with E-state index < -0.39 is 0 Å². The molecule has 0 radical (unpaired) electrons. The van der Waals surface area contributed by atoms with Crippen LogP contribution in [-0.4, -0.2) is 74.7 Å². The molecule has 2 aliphatic heterocycles. The monoisotopic (exact) mass is 269 g/mol. The van der Waals surface area contributed by atoms with Gasteiger partial charge in [-0.25, -0.2) is 0 Å². The number of hydrogen-bond donors (Lipinski definition) is 1. The van der Waals surface area contributed by atoms with E-state index in [1.807, 2.05) is 0 Å². The molecule has 2 fully saturated rings. The summed E-state index contributed by atoms with van der Waals surface area (Å²) >= 11 is 0. The van der Waals surface area contributed by atoms with E-state index in [9.17, 15) is 4.79 Å². The maximum atomic E-state index is 12.1. The molecule has 1 N–H and O–H groups in total. The fourth-order valence-corrected chi connectivity index (χ4v) is 2.82. The van der Waals surface area contributed by atoms with E-state index in [0.717, 1.165) is 71.9 Å². The summed E-state index contributed by atoms with van der Waals surface area (Å²) in [6.07, 6.45) is 2.02. The zero-order valence-electron chi connectivity index (χ0n) is 12.1. The van der Waals surface area contributed by atoms with Crippen molar-refractivity contribution in [3.63, 3.8) is 0 Å². The molecule has 0 saturated carbocycles. The largest absolute Gasteiger partial charge is 0.379 e. The molecule has 2 rings (SSSR count). The Morgan fingerprint density at radius 2 is 1.84 bits per heavy atom. The molecule has 0 unspecified atom stereocenters. The number of likely N-dealkylation sites (tertiary alicyclic amines) is 1. The van der Waals surface area contributed by atoms with Crippen LogP contribution in [0.2, 0.25) is 0 Å². The molecule has 0 aromatic heterocycles. The van der Waals surface area contributed by atoms with Crippen molar-refractivity contribution >= 4 is 5.91 Å². The second-order valence-electron chi connectivity index (χ2n) is 5.45. The minimum atomic E-state index is 0.229.